The minimum Gasteiger partial charge on any atom is -0.507 e. The molecular weight excluding hydrogens is 458 g/mol. The SMILES string of the molecule is Cc1cc(C(N)=O)ccc1-c1cccc(CN2CCC[C@@H]2C(=O)NCc2ccc(C(=O)O)c(O)c2)c1. The fourth-order valence-corrected chi connectivity index (χ4v) is 4.70. The number of primary amides is 1. The molecule has 0 spiro atoms. The highest BCUT2D eigenvalue weighted by atomic mass is 16.4. The molecule has 8 nitrogen and oxygen atoms in total. The lowest BCUT2D eigenvalue weighted by atomic mass is 9.97. The van der Waals surface area contributed by atoms with Crippen molar-refractivity contribution in [1.29, 1.82) is 0 Å². The van der Waals surface area contributed by atoms with Gasteiger partial charge >= 0.3 is 5.97 Å². The molecule has 36 heavy (non-hydrogen) atoms. The summed E-state index contributed by atoms with van der Waals surface area (Å²) in [6.45, 7) is 3.58. The zero-order valence-electron chi connectivity index (χ0n) is 20.0. The number of carboxylic acids is 1. The van der Waals surface area contributed by atoms with Crippen LogP contribution >= 0.6 is 0 Å². The van der Waals surface area contributed by atoms with E-state index in [4.69, 9.17) is 10.8 Å². The molecule has 2 amide bonds. The number of hydrogen-bond donors (Lipinski definition) is 4. The largest absolute Gasteiger partial charge is 0.507 e. The van der Waals surface area contributed by atoms with Crippen LogP contribution in [0.1, 0.15) is 50.2 Å². The van der Waals surface area contributed by atoms with Gasteiger partial charge in [-0.15, -0.1) is 0 Å². The van der Waals surface area contributed by atoms with Gasteiger partial charge in [0.05, 0.1) is 6.04 Å². The number of nitrogens with zero attached hydrogens (tertiary/aromatic N) is 1. The van der Waals surface area contributed by atoms with E-state index in [1.165, 1.54) is 12.1 Å². The quantitative estimate of drug-likeness (QED) is 0.385. The molecule has 0 aromatic heterocycles. The van der Waals surface area contributed by atoms with Crippen LogP contribution in [0.15, 0.2) is 60.7 Å². The Morgan fingerprint density at radius 1 is 1.06 bits per heavy atom. The monoisotopic (exact) mass is 487 g/mol. The summed E-state index contributed by atoms with van der Waals surface area (Å²) in [5.41, 5.74) is 10.4. The van der Waals surface area contributed by atoms with E-state index in [9.17, 15) is 19.5 Å². The summed E-state index contributed by atoms with van der Waals surface area (Å²) in [5.74, 6) is -2.07. The van der Waals surface area contributed by atoms with Crippen molar-refractivity contribution in [3.8, 4) is 16.9 Å². The summed E-state index contributed by atoms with van der Waals surface area (Å²) < 4.78 is 0. The van der Waals surface area contributed by atoms with Gasteiger partial charge in [-0.05, 0) is 84.5 Å². The van der Waals surface area contributed by atoms with E-state index in [0.717, 1.165) is 41.6 Å². The molecule has 5 N–H and O–H groups in total. The number of aromatic carboxylic acids is 1. The van der Waals surface area contributed by atoms with Crippen molar-refractivity contribution < 1.29 is 24.6 Å². The Hall–Kier alpha value is -4.17. The molecule has 0 unspecified atom stereocenters. The van der Waals surface area contributed by atoms with Crippen LogP contribution < -0.4 is 11.1 Å². The predicted molar refractivity (Wildman–Crippen MR) is 135 cm³/mol. The van der Waals surface area contributed by atoms with Gasteiger partial charge in [0, 0.05) is 18.7 Å². The van der Waals surface area contributed by atoms with Crippen LogP contribution in [0.3, 0.4) is 0 Å². The number of nitrogens with one attached hydrogen (secondary N) is 1. The van der Waals surface area contributed by atoms with Crippen molar-refractivity contribution in [3.05, 3.63) is 88.5 Å². The molecule has 8 heteroatoms. The molecule has 0 saturated carbocycles. The highest BCUT2D eigenvalue weighted by Gasteiger charge is 2.30. The van der Waals surface area contributed by atoms with Crippen LogP contribution in [-0.4, -0.2) is 45.5 Å². The number of carboxylic acid groups (broad SMARTS) is 1. The zero-order chi connectivity index (χ0) is 25.8. The number of aromatic hydroxyl groups is 1. The first kappa shape index (κ1) is 24.9. The average molecular weight is 488 g/mol. The lowest BCUT2D eigenvalue weighted by Crippen LogP contribution is -2.42. The molecule has 1 fully saturated rings. The summed E-state index contributed by atoms with van der Waals surface area (Å²) in [6, 6.07) is 17.6. The Balaban J connectivity index is 1.42. The number of hydrogen-bond acceptors (Lipinski definition) is 5. The molecule has 3 aromatic carbocycles. The van der Waals surface area contributed by atoms with Crippen molar-refractivity contribution >= 4 is 17.8 Å². The topological polar surface area (TPSA) is 133 Å². The van der Waals surface area contributed by atoms with E-state index in [1.54, 1.807) is 18.2 Å². The van der Waals surface area contributed by atoms with E-state index < -0.39 is 11.9 Å². The maximum Gasteiger partial charge on any atom is 0.339 e. The van der Waals surface area contributed by atoms with Gasteiger partial charge in [0.2, 0.25) is 11.8 Å². The summed E-state index contributed by atoms with van der Waals surface area (Å²) in [6.07, 6.45) is 1.67. The van der Waals surface area contributed by atoms with Crippen LogP contribution in [0, 0.1) is 6.92 Å². The van der Waals surface area contributed by atoms with Crippen LogP contribution in [0.5, 0.6) is 5.75 Å². The number of likely N-dealkylation sites (tertiary alicyclic amines) is 1. The van der Waals surface area contributed by atoms with Gasteiger partial charge in [-0.3, -0.25) is 14.5 Å². The van der Waals surface area contributed by atoms with Gasteiger partial charge in [0.25, 0.3) is 0 Å². The van der Waals surface area contributed by atoms with Crippen molar-refractivity contribution in [2.24, 2.45) is 5.73 Å². The number of aryl methyl sites for hydroxylation is 1. The standard InChI is InChI=1S/C28H29N3O5/c1-17-12-21(26(29)33)8-10-22(17)20-5-2-4-19(13-20)16-31-11-3-6-24(31)27(34)30-15-18-7-9-23(28(35)36)25(32)14-18/h2,4-5,7-10,12-14,24,32H,3,6,11,15-16H2,1H3,(H2,29,33)(H,30,34)(H,35,36)/t24-/m1/s1. The number of nitrogens with two attached hydrogens (primary N) is 1. The van der Waals surface area contributed by atoms with Gasteiger partial charge in [-0.2, -0.15) is 0 Å². The second-order valence-corrected chi connectivity index (χ2v) is 9.10. The normalized spacial score (nSPS) is 15.5. The number of rotatable bonds is 8. The van der Waals surface area contributed by atoms with Crippen molar-refractivity contribution in [1.82, 2.24) is 10.2 Å². The molecule has 3 aromatic rings. The molecule has 186 valence electrons. The Morgan fingerprint density at radius 2 is 1.86 bits per heavy atom. The molecule has 1 aliphatic heterocycles. The van der Waals surface area contributed by atoms with Gasteiger partial charge in [-0.1, -0.05) is 30.3 Å². The van der Waals surface area contributed by atoms with Crippen molar-refractivity contribution in [2.45, 2.75) is 38.9 Å². The molecule has 0 bridgehead atoms. The lowest BCUT2D eigenvalue weighted by molar-refractivity contribution is -0.125. The van der Waals surface area contributed by atoms with E-state index >= 15 is 0 Å². The first-order valence-corrected chi connectivity index (χ1v) is 11.8. The molecule has 0 radical (unpaired) electrons. The number of carbonyl (C=O) groups is 3. The number of carbonyl (C=O) groups excluding carboxylic acids is 2. The summed E-state index contributed by atoms with van der Waals surface area (Å²) in [5, 5.41) is 21.8. The van der Waals surface area contributed by atoms with E-state index in [-0.39, 0.29) is 29.8 Å². The Kier molecular flexibility index (Phi) is 7.36. The second-order valence-electron chi connectivity index (χ2n) is 9.10. The minimum absolute atomic E-state index is 0.0941. The number of amides is 2. The van der Waals surface area contributed by atoms with E-state index in [2.05, 4.69) is 16.3 Å². The average Bonchev–Trinajstić information content (AvgIpc) is 3.30. The lowest BCUT2D eigenvalue weighted by Gasteiger charge is -2.24. The first-order valence-electron chi connectivity index (χ1n) is 11.8. The third-order valence-electron chi connectivity index (χ3n) is 6.56. The number of phenols is 1. The van der Waals surface area contributed by atoms with Crippen molar-refractivity contribution in [3.63, 3.8) is 0 Å². The summed E-state index contributed by atoms with van der Waals surface area (Å²) >= 11 is 0. The van der Waals surface area contributed by atoms with Gasteiger partial charge in [0.15, 0.2) is 0 Å². The van der Waals surface area contributed by atoms with Gasteiger partial charge < -0.3 is 21.3 Å². The Labute approximate surface area is 209 Å². The molecule has 1 atom stereocenters. The third kappa shape index (κ3) is 5.55. The Morgan fingerprint density at radius 3 is 2.56 bits per heavy atom. The maximum atomic E-state index is 13.0. The van der Waals surface area contributed by atoms with Crippen LogP contribution in [-0.2, 0) is 17.9 Å². The fraction of sp³-hybridized carbons (Fsp3) is 0.250. The van der Waals surface area contributed by atoms with E-state index in [1.807, 2.05) is 31.2 Å². The maximum absolute atomic E-state index is 13.0. The van der Waals surface area contributed by atoms with Crippen LogP contribution in [0.4, 0.5) is 0 Å². The second kappa shape index (κ2) is 10.6. The predicted octanol–water partition coefficient (Wildman–Crippen LogP) is 3.45. The van der Waals surface area contributed by atoms with Gasteiger partial charge in [-0.25, -0.2) is 4.79 Å². The fourth-order valence-electron chi connectivity index (χ4n) is 4.70. The third-order valence-corrected chi connectivity index (χ3v) is 6.56. The van der Waals surface area contributed by atoms with E-state index in [0.29, 0.717) is 17.7 Å². The highest BCUT2D eigenvalue weighted by molar-refractivity contribution is 5.93. The first-order chi connectivity index (χ1) is 17.2. The smallest absolute Gasteiger partial charge is 0.339 e. The number of benzene rings is 3. The summed E-state index contributed by atoms with van der Waals surface area (Å²) in [7, 11) is 0. The molecule has 0 aliphatic carbocycles. The van der Waals surface area contributed by atoms with Gasteiger partial charge in [0.1, 0.15) is 11.3 Å². The molecule has 1 saturated heterocycles. The van der Waals surface area contributed by atoms with Crippen LogP contribution in [0.25, 0.3) is 11.1 Å². The summed E-state index contributed by atoms with van der Waals surface area (Å²) in [4.78, 5) is 37.6. The molecule has 1 heterocycles. The van der Waals surface area contributed by atoms with Crippen LogP contribution in [0.2, 0.25) is 0 Å². The molecule has 1 aliphatic rings. The zero-order valence-corrected chi connectivity index (χ0v) is 20.0. The molecular formula is C28H29N3O5. The minimum atomic E-state index is -1.20. The van der Waals surface area contributed by atoms with Crippen molar-refractivity contribution in [2.75, 3.05) is 6.54 Å². The molecule has 4 rings (SSSR count). The Bertz CT molecular complexity index is 1320. The highest BCUT2D eigenvalue weighted by Crippen LogP contribution is 2.27.